The maximum atomic E-state index is 11.3. The molecule has 1 amide bonds. The van der Waals surface area contributed by atoms with Gasteiger partial charge in [0.1, 0.15) is 5.65 Å². The Morgan fingerprint density at radius 3 is 2.90 bits per heavy atom. The van der Waals surface area contributed by atoms with Crippen molar-refractivity contribution in [1.82, 2.24) is 19.6 Å². The normalized spacial score (nSPS) is 16.8. The van der Waals surface area contributed by atoms with Crippen LogP contribution in [-0.2, 0) is 11.3 Å². The molecule has 106 valence electrons. The maximum Gasteiger partial charge on any atom is 0.219 e. The summed E-state index contributed by atoms with van der Waals surface area (Å²) in [6, 6.07) is 6.49. The number of carbonyl (C=O) groups is 1. The number of nitrogens with zero attached hydrogens (tertiary/aromatic N) is 3. The Bertz CT molecular complexity index is 566. The van der Waals surface area contributed by atoms with Gasteiger partial charge >= 0.3 is 0 Å². The molecule has 3 rings (SSSR count). The molecule has 1 aliphatic heterocycles. The molecule has 20 heavy (non-hydrogen) atoms. The van der Waals surface area contributed by atoms with Crippen LogP contribution in [0.4, 0.5) is 0 Å². The number of amides is 1. The Morgan fingerprint density at radius 1 is 1.40 bits per heavy atom. The van der Waals surface area contributed by atoms with E-state index in [2.05, 4.69) is 16.5 Å². The van der Waals surface area contributed by atoms with Gasteiger partial charge in [0.05, 0.1) is 5.69 Å². The van der Waals surface area contributed by atoms with Crippen LogP contribution in [0.25, 0.3) is 5.65 Å². The highest BCUT2D eigenvalue weighted by Crippen LogP contribution is 2.11. The number of aromatic nitrogens is 2. The summed E-state index contributed by atoms with van der Waals surface area (Å²) in [5.74, 6) is 0.184. The number of likely N-dealkylation sites (tertiary alicyclic amines) is 1. The van der Waals surface area contributed by atoms with E-state index in [1.165, 1.54) is 0 Å². The van der Waals surface area contributed by atoms with E-state index in [1.54, 1.807) is 6.92 Å². The number of rotatable bonds is 3. The predicted molar refractivity (Wildman–Crippen MR) is 77.3 cm³/mol. The molecular weight excluding hydrogens is 252 g/mol. The third-order valence-electron chi connectivity index (χ3n) is 3.93. The fourth-order valence-electron chi connectivity index (χ4n) is 2.72. The molecule has 5 heteroatoms. The van der Waals surface area contributed by atoms with E-state index >= 15 is 0 Å². The number of imidazole rings is 1. The van der Waals surface area contributed by atoms with E-state index < -0.39 is 0 Å². The summed E-state index contributed by atoms with van der Waals surface area (Å²) in [5, 5.41) is 3.54. The molecule has 2 aromatic rings. The molecule has 1 aliphatic rings. The lowest BCUT2D eigenvalue weighted by atomic mass is 10.1. The van der Waals surface area contributed by atoms with Crippen molar-refractivity contribution in [2.45, 2.75) is 32.4 Å². The number of carbonyl (C=O) groups excluding carboxylic acids is 1. The van der Waals surface area contributed by atoms with Gasteiger partial charge in [-0.1, -0.05) is 6.07 Å². The number of hydrogen-bond acceptors (Lipinski definition) is 3. The van der Waals surface area contributed by atoms with Gasteiger partial charge in [-0.2, -0.15) is 0 Å². The molecule has 1 N–H and O–H groups in total. The molecule has 0 aromatic carbocycles. The van der Waals surface area contributed by atoms with Gasteiger partial charge in [0, 0.05) is 45.0 Å². The van der Waals surface area contributed by atoms with Gasteiger partial charge in [-0.25, -0.2) is 4.98 Å². The molecule has 0 atom stereocenters. The maximum absolute atomic E-state index is 11.3. The van der Waals surface area contributed by atoms with Gasteiger partial charge < -0.3 is 14.6 Å². The second-order valence-corrected chi connectivity index (χ2v) is 5.36. The van der Waals surface area contributed by atoms with Crippen molar-refractivity contribution in [2.75, 3.05) is 13.1 Å². The highest BCUT2D eigenvalue weighted by Gasteiger charge is 2.20. The highest BCUT2D eigenvalue weighted by atomic mass is 16.2. The van der Waals surface area contributed by atoms with Gasteiger partial charge in [-0.15, -0.1) is 0 Å². The zero-order chi connectivity index (χ0) is 13.9. The molecule has 1 saturated heterocycles. The minimum Gasteiger partial charge on any atom is -0.343 e. The van der Waals surface area contributed by atoms with Crippen LogP contribution < -0.4 is 5.32 Å². The molecule has 0 saturated carbocycles. The minimum atomic E-state index is 0.184. The van der Waals surface area contributed by atoms with E-state index in [-0.39, 0.29) is 5.91 Å². The average molecular weight is 272 g/mol. The van der Waals surface area contributed by atoms with E-state index in [0.717, 1.165) is 43.8 Å². The summed E-state index contributed by atoms with van der Waals surface area (Å²) in [6.45, 7) is 4.15. The van der Waals surface area contributed by atoms with Crippen LogP contribution in [0.5, 0.6) is 0 Å². The van der Waals surface area contributed by atoms with Crippen molar-refractivity contribution < 1.29 is 4.79 Å². The SMILES string of the molecule is CC(=O)N1CCC(NCc2cn3ccccc3n2)CC1. The number of nitrogens with one attached hydrogen (secondary N) is 1. The quantitative estimate of drug-likeness (QED) is 0.919. The van der Waals surface area contributed by atoms with Crippen LogP contribution in [0.1, 0.15) is 25.5 Å². The topological polar surface area (TPSA) is 49.6 Å². The molecule has 5 nitrogen and oxygen atoms in total. The molecule has 0 bridgehead atoms. The predicted octanol–water partition coefficient (Wildman–Crippen LogP) is 1.43. The molecule has 0 aliphatic carbocycles. The number of hydrogen-bond donors (Lipinski definition) is 1. The largest absolute Gasteiger partial charge is 0.343 e. The lowest BCUT2D eigenvalue weighted by Gasteiger charge is -2.31. The second kappa shape index (κ2) is 5.63. The molecule has 3 heterocycles. The van der Waals surface area contributed by atoms with Crippen LogP contribution in [0.2, 0.25) is 0 Å². The Kier molecular flexibility index (Phi) is 3.69. The van der Waals surface area contributed by atoms with Crippen LogP contribution in [-0.4, -0.2) is 39.3 Å². The van der Waals surface area contributed by atoms with Crippen molar-refractivity contribution in [3.8, 4) is 0 Å². The Morgan fingerprint density at radius 2 is 2.20 bits per heavy atom. The van der Waals surface area contributed by atoms with E-state index in [9.17, 15) is 4.79 Å². The second-order valence-electron chi connectivity index (χ2n) is 5.36. The van der Waals surface area contributed by atoms with Crippen LogP contribution >= 0.6 is 0 Å². The Hall–Kier alpha value is -1.88. The zero-order valence-electron chi connectivity index (χ0n) is 11.7. The average Bonchev–Trinajstić information content (AvgIpc) is 2.88. The molecule has 2 aromatic heterocycles. The summed E-state index contributed by atoms with van der Waals surface area (Å²) >= 11 is 0. The first kappa shape index (κ1) is 13.1. The first-order chi connectivity index (χ1) is 9.72. The van der Waals surface area contributed by atoms with Gasteiger partial charge in [0.25, 0.3) is 0 Å². The van der Waals surface area contributed by atoms with Crippen molar-refractivity contribution in [3.05, 3.63) is 36.3 Å². The smallest absolute Gasteiger partial charge is 0.219 e. The third-order valence-corrected chi connectivity index (χ3v) is 3.93. The first-order valence-electron chi connectivity index (χ1n) is 7.14. The van der Waals surface area contributed by atoms with E-state index in [0.29, 0.717) is 6.04 Å². The van der Waals surface area contributed by atoms with Crippen molar-refractivity contribution in [2.24, 2.45) is 0 Å². The van der Waals surface area contributed by atoms with Crippen molar-refractivity contribution in [1.29, 1.82) is 0 Å². The lowest BCUT2D eigenvalue weighted by Crippen LogP contribution is -2.43. The van der Waals surface area contributed by atoms with E-state index in [4.69, 9.17) is 0 Å². The molecule has 0 spiro atoms. The number of fused-ring (bicyclic) bond motifs is 1. The molecule has 0 radical (unpaired) electrons. The molecular formula is C15H20N4O. The van der Waals surface area contributed by atoms with Gasteiger partial charge in [-0.05, 0) is 25.0 Å². The number of piperidine rings is 1. The minimum absolute atomic E-state index is 0.184. The lowest BCUT2D eigenvalue weighted by molar-refractivity contribution is -0.129. The summed E-state index contributed by atoms with van der Waals surface area (Å²) < 4.78 is 2.04. The molecule has 0 unspecified atom stereocenters. The van der Waals surface area contributed by atoms with Crippen LogP contribution in [0.3, 0.4) is 0 Å². The highest BCUT2D eigenvalue weighted by molar-refractivity contribution is 5.73. The standard InChI is InChI=1S/C15H20N4O/c1-12(20)18-8-5-13(6-9-18)16-10-14-11-19-7-3-2-4-15(19)17-14/h2-4,7,11,13,16H,5-6,8-10H2,1H3. The summed E-state index contributed by atoms with van der Waals surface area (Å²) in [7, 11) is 0. The van der Waals surface area contributed by atoms with Gasteiger partial charge in [0.2, 0.25) is 5.91 Å². The van der Waals surface area contributed by atoms with Gasteiger partial charge in [0.15, 0.2) is 0 Å². The van der Waals surface area contributed by atoms with Crippen molar-refractivity contribution in [3.63, 3.8) is 0 Å². The summed E-state index contributed by atoms with van der Waals surface area (Å²) in [5.41, 5.74) is 2.04. The van der Waals surface area contributed by atoms with E-state index in [1.807, 2.05) is 33.7 Å². The Balaban J connectivity index is 1.54. The third kappa shape index (κ3) is 2.82. The monoisotopic (exact) mass is 272 g/mol. The van der Waals surface area contributed by atoms with Crippen LogP contribution in [0, 0.1) is 0 Å². The first-order valence-corrected chi connectivity index (χ1v) is 7.14. The number of pyridine rings is 1. The van der Waals surface area contributed by atoms with Crippen LogP contribution in [0.15, 0.2) is 30.6 Å². The molecule has 1 fully saturated rings. The summed E-state index contributed by atoms with van der Waals surface area (Å²) in [4.78, 5) is 17.8. The Labute approximate surface area is 118 Å². The van der Waals surface area contributed by atoms with Gasteiger partial charge in [-0.3, -0.25) is 4.79 Å². The summed E-state index contributed by atoms with van der Waals surface area (Å²) in [6.07, 6.45) is 6.12. The van der Waals surface area contributed by atoms with Crippen molar-refractivity contribution >= 4 is 11.6 Å². The fourth-order valence-corrected chi connectivity index (χ4v) is 2.72. The zero-order valence-corrected chi connectivity index (χ0v) is 11.7. The fraction of sp³-hybridized carbons (Fsp3) is 0.467.